The number of hydrogen-bond acceptors (Lipinski definition) is 4. The average Bonchev–Trinajstić information content (AvgIpc) is 3.09. The van der Waals surface area contributed by atoms with Gasteiger partial charge in [-0.25, -0.2) is 4.79 Å². The number of carbonyl (C=O) groups is 2. The first-order valence-corrected chi connectivity index (χ1v) is 12.0. The number of rotatable bonds is 5. The Hall–Kier alpha value is -3.32. The maximum atomic E-state index is 13.6. The van der Waals surface area contributed by atoms with Crippen LogP contribution in [0.2, 0.25) is 0 Å². The SMILES string of the molecule is COc1ccc(N2C(=O)c3ccccc3C23CCC(Nc2cccc(Br)c2)(C(=O)O)CC3)cc1. The van der Waals surface area contributed by atoms with Gasteiger partial charge in [0, 0.05) is 21.4 Å². The molecule has 0 unspecified atom stereocenters. The number of hydrogen-bond donors (Lipinski definition) is 2. The van der Waals surface area contributed by atoms with E-state index in [0.29, 0.717) is 37.0 Å². The minimum Gasteiger partial charge on any atom is -0.497 e. The van der Waals surface area contributed by atoms with Crippen molar-refractivity contribution in [3.63, 3.8) is 0 Å². The number of ether oxygens (including phenoxy) is 1. The number of nitrogens with zero attached hydrogens (tertiary/aromatic N) is 1. The smallest absolute Gasteiger partial charge is 0.329 e. The van der Waals surface area contributed by atoms with Crippen LogP contribution in [-0.2, 0) is 10.3 Å². The number of benzene rings is 3. The van der Waals surface area contributed by atoms with E-state index < -0.39 is 17.0 Å². The highest BCUT2D eigenvalue weighted by Gasteiger charge is 2.56. The van der Waals surface area contributed by atoms with E-state index in [2.05, 4.69) is 21.2 Å². The van der Waals surface area contributed by atoms with E-state index in [9.17, 15) is 14.7 Å². The molecule has 3 aromatic carbocycles. The van der Waals surface area contributed by atoms with Crippen LogP contribution in [0.5, 0.6) is 5.75 Å². The second kappa shape index (κ2) is 8.47. The molecule has 1 saturated carbocycles. The second-order valence-corrected chi connectivity index (χ2v) is 9.85. The van der Waals surface area contributed by atoms with Crippen molar-refractivity contribution in [3.05, 3.63) is 88.4 Å². The molecule has 1 amide bonds. The van der Waals surface area contributed by atoms with Gasteiger partial charge in [0.2, 0.25) is 0 Å². The summed E-state index contributed by atoms with van der Waals surface area (Å²) in [5, 5.41) is 13.6. The zero-order valence-electron chi connectivity index (χ0n) is 18.8. The van der Waals surface area contributed by atoms with Gasteiger partial charge in [-0.2, -0.15) is 0 Å². The molecule has 2 N–H and O–H groups in total. The molecule has 2 aliphatic rings. The fourth-order valence-electron chi connectivity index (χ4n) is 5.42. The molecule has 1 aliphatic heterocycles. The molecule has 5 rings (SSSR count). The van der Waals surface area contributed by atoms with Crippen LogP contribution >= 0.6 is 15.9 Å². The van der Waals surface area contributed by atoms with Gasteiger partial charge in [0.15, 0.2) is 0 Å². The van der Waals surface area contributed by atoms with Crippen molar-refractivity contribution in [1.29, 1.82) is 0 Å². The first-order valence-electron chi connectivity index (χ1n) is 11.2. The number of carboxylic acid groups (broad SMARTS) is 1. The lowest BCUT2D eigenvalue weighted by Crippen LogP contribution is -2.56. The van der Waals surface area contributed by atoms with E-state index >= 15 is 0 Å². The number of carboxylic acids is 1. The monoisotopic (exact) mass is 520 g/mol. The summed E-state index contributed by atoms with van der Waals surface area (Å²) in [6, 6.07) is 22.7. The molecule has 7 heteroatoms. The molecular formula is C27H25BrN2O4. The quantitative estimate of drug-likeness (QED) is 0.442. The van der Waals surface area contributed by atoms with Crippen molar-refractivity contribution < 1.29 is 19.4 Å². The molecule has 1 heterocycles. The molecule has 1 spiro atoms. The normalized spacial score (nSPS) is 23.6. The molecule has 0 radical (unpaired) electrons. The largest absolute Gasteiger partial charge is 0.497 e. The number of halogens is 1. The number of methoxy groups -OCH3 is 1. The van der Waals surface area contributed by atoms with Crippen LogP contribution < -0.4 is 15.0 Å². The summed E-state index contributed by atoms with van der Waals surface area (Å²) in [4.78, 5) is 28.0. The molecule has 0 atom stereocenters. The molecule has 174 valence electrons. The topological polar surface area (TPSA) is 78.9 Å². The van der Waals surface area contributed by atoms with E-state index in [4.69, 9.17) is 4.74 Å². The maximum Gasteiger partial charge on any atom is 0.329 e. The molecule has 0 saturated heterocycles. The van der Waals surface area contributed by atoms with Gasteiger partial charge in [-0.1, -0.05) is 40.2 Å². The lowest BCUT2D eigenvalue weighted by atomic mass is 9.69. The number of aliphatic carboxylic acids is 1. The summed E-state index contributed by atoms with van der Waals surface area (Å²) in [6.45, 7) is 0. The van der Waals surface area contributed by atoms with Gasteiger partial charge in [0.25, 0.3) is 5.91 Å². The molecule has 6 nitrogen and oxygen atoms in total. The van der Waals surface area contributed by atoms with Crippen molar-refractivity contribution in [2.75, 3.05) is 17.3 Å². The van der Waals surface area contributed by atoms with Crippen LogP contribution in [0, 0.1) is 0 Å². The molecular weight excluding hydrogens is 496 g/mol. The highest BCUT2D eigenvalue weighted by atomic mass is 79.9. The zero-order chi connectivity index (χ0) is 23.9. The van der Waals surface area contributed by atoms with E-state index in [1.54, 1.807) is 7.11 Å². The van der Waals surface area contributed by atoms with Crippen LogP contribution in [0.15, 0.2) is 77.3 Å². The Bertz CT molecular complexity index is 1250. The summed E-state index contributed by atoms with van der Waals surface area (Å²) in [6.07, 6.45) is 1.80. The Kier molecular flexibility index (Phi) is 5.60. The summed E-state index contributed by atoms with van der Waals surface area (Å²) >= 11 is 3.46. The average molecular weight is 521 g/mol. The fraction of sp³-hybridized carbons (Fsp3) is 0.259. The van der Waals surface area contributed by atoms with Gasteiger partial charge in [0.1, 0.15) is 11.3 Å². The number of fused-ring (bicyclic) bond motifs is 2. The molecule has 1 fully saturated rings. The van der Waals surface area contributed by atoms with Gasteiger partial charge in [-0.15, -0.1) is 0 Å². The molecule has 1 aliphatic carbocycles. The lowest BCUT2D eigenvalue weighted by molar-refractivity contribution is -0.144. The van der Waals surface area contributed by atoms with Crippen LogP contribution in [0.4, 0.5) is 11.4 Å². The molecule has 34 heavy (non-hydrogen) atoms. The van der Waals surface area contributed by atoms with Crippen molar-refractivity contribution >= 4 is 39.2 Å². The van der Waals surface area contributed by atoms with Crippen molar-refractivity contribution in [2.45, 2.75) is 36.8 Å². The minimum absolute atomic E-state index is 0.0523. The van der Waals surface area contributed by atoms with Gasteiger partial charge >= 0.3 is 5.97 Å². The van der Waals surface area contributed by atoms with Crippen LogP contribution in [0.25, 0.3) is 0 Å². The van der Waals surface area contributed by atoms with E-state index in [0.717, 1.165) is 21.4 Å². The highest BCUT2D eigenvalue weighted by molar-refractivity contribution is 9.10. The van der Waals surface area contributed by atoms with Gasteiger partial charge in [-0.05, 0) is 79.8 Å². The molecule has 0 bridgehead atoms. The third-order valence-electron chi connectivity index (χ3n) is 7.17. The molecule has 0 aromatic heterocycles. The summed E-state index contributed by atoms with van der Waals surface area (Å²) in [5.74, 6) is -0.215. The fourth-order valence-corrected chi connectivity index (χ4v) is 5.82. The Labute approximate surface area is 206 Å². The van der Waals surface area contributed by atoms with Gasteiger partial charge in [-0.3, -0.25) is 9.69 Å². The number of carbonyl (C=O) groups excluding carboxylic acids is 1. The first kappa shape index (κ1) is 22.5. The first-order chi connectivity index (χ1) is 16.4. The molecule has 3 aromatic rings. The van der Waals surface area contributed by atoms with E-state index in [1.165, 1.54) is 0 Å². The number of anilines is 2. The van der Waals surface area contributed by atoms with E-state index in [-0.39, 0.29) is 5.91 Å². The number of amides is 1. The summed E-state index contributed by atoms with van der Waals surface area (Å²) in [5.41, 5.74) is 1.48. The van der Waals surface area contributed by atoms with Crippen molar-refractivity contribution in [3.8, 4) is 5.75 Å². The van der Waals surface area contributed by atoms with Gasteiger partial charge in [0.05, 0.1) is 12.6 Å². The van der Waals surface area contributed by atoms with E-state index in [1.807, 2.05) is 77.7 Å². The maximum absolute atomic E-state index is 13.6. The Morgan fingerprint density at radius 1 is 1.00 bits per heavy atom. The Balaban J connectivity index is 1.53. The number of nitrogens with one attached hydrogen (secondary N) is 1. The van der Waals surface area contributed by atoms with Crippen molar-refractivity contribution in [1.82, 2.24) is 0 Å². The third kappa shape index (κ3) is 3.55. The predicted octanol–water partition coefficient (Wildman–Crippen LogP) is 5.82. The second-order valence-electron chi connectivity index (χ2n) is 8.94. The van der Waals surface area contributed by atoms with Crippen LogP contribution in [0.3, 0.4) is 0 Å². The highest BCUT2D eigenvalue weighted by Crippen LogP contribution is 2.53. The minimum atomic E-state index is -1.11. The van der Waals surface area contributed by atoms with Crippen LogP contribution in [0.1, 0.15) is 41.6 Å². The van der Waals surface area contributed by atoms with Crippen LogP contribution in [-0.4, -0.2) is 29.6 Å². The Morgan fingerprint density at radius 3 is 2.35 bits per heavy atom. The standard InChI is InChI=1S/C27H25BrN2O4/c1-34-21-11-9-20(10-12-21)30-24(31)22-7-2-3-8-23(22)27(30)15-13-26(14-16-27,25(32)33)29-19-6-4-5-18(28)17-19/h2-12,17,29H,13-16H2,1H3,(H,32,33). The summed E-state index contributed by atoms with van der Waals surface area (Å²) in [7, 11) is 1.61. The predicted molar refractivity (Wildman–Crippen MR) is 135 cm³/mol. The lowest BCUT2D eigenvalue weighted by Gasteiger charge is -2.47. The van der Waals surface area contributed by atoms with Crippen molar-refractivity contribution in [2.24, 2.45) is 0 Å². The summed E-state index contributed by atoms with van der Waals surface area (Å²) < 4.78 is 6.18. The Morgan fingerprint density at radius 2 is 1.71 bits per heavy atom. The van der Waals surface area contributed by atoms with Gasteiger partial charge < -0.3 is 15.2 Å². The zero-order valence-corrected chi connectivity index (χ0v) is 20.3. The third-order valence-corrected chi connectivity index (χ3v) is 7.66.